The molecule has 0 heterocycles. The molecule has 7 heteroatoms. The van der Waals surface area contributed by atoms with Crippen molar-refractivity contribution in [1.29, 1.82) is 0 Å². The van der Waals surface area contributed by atoms with E-state index in [1.54, 1.807) is 6.07 Å². The quantitative estimate of drug-likeness (QED) is 0.759. The predicted molar refractivity (Wildman–Crippen MR) is 90.9 cm³/mol. The molecule has 0 atom stereocenters. The molecular weight excluding hydrogens is 347 g/mol. The molecule has 0 unspecified atom stereocenters. The highest BCUT2D eigenvalue weighted by molar-refractivity contribution is 5.76. The lowest BCUT2D eigenvalue weighted by molar-refractivity contribution is -0.274. The molecular formula is C19H20F3NO3. The SMILES string of the molecule is CCOc1ccccc1CCC(=O)NCc1ccccc1OC(F)(F)F. The molecule has 0 radical (unpaired) electrons. The number of amides is 1. The van der Waals surface area contributed by atoms with Crippen LogP contribution in [0.15, 0.2) is 48.5 Å². The first kappa shape index (κ1) is 19.6. The number of hydrogen-bond acceptors (Lipinski definition) is 3. The molecule has 0 aliphatic rings. The highest BCUT2D eigenvalue weighted by Gasteiger charge is 2.31. The summed E-state index contributed by atoms with van der Waals surface area (Å²) in [4.78, 5) is 12.0. The number of carbonyl (C=O) groups excluding carboxylic acids is 1. The van der Waals surface area contributed by atoms with Crippen LogP contribution in [-0.4, -0.2) is 18.9 Å². The molecule has 140 valence electrons. The van der Waals surface area contributed by atoms with Crippen LogP contribution in [0.5, 0.6) is 11.5 Å². The lowest BCUT2D eigenvalue weighted by atomic mass is 10.1. The molecule has 2 aromatic rings. The van der Waals surface area contributed by atoms with Crippen molar-refractivity contribution in [3.05, 3.63) is 59.7 Å². The maximum atomic E-state index is 12.4. The molecule has 0 saturated heterocycles. The van der Waals surface area contributed by atoms with E-state index in [0.29, 0.717) is 13.0 Å². The van der Waals surface area contributed by atoms with E-state index in [1.165, 1.54) is 18.2 Å². The summed E-state index contributed by atoms with van der Waals surface area (Å²) in [6.45, 7) is 2.36. The van der Waals surface area contributed by atoms with Gasteiger partial charge in [-0.1, -0.05) is 36.4 Å². The smallest absolute Gasteiger partial charge is 0.494 e. The maximum Gasteiger partial charge on any atom is 0.573 e. The largest absolute Gasteiger partial charge is 0.573 e. The number of halogens is 3. The summed E-state index contributed by atoms with van der Waals surface area (Å²) >= 11 is 0. The van der Waals surface area contributed by atoms with Crippen molar-refractivity contribution in [1.82, 2.24) is 5.32 Å². The third-order valence-electron chi connectivity index (χ3n) is 3.57. The van der Waals surface area contributed by atoms with Crippen LogP contribution in [0.25, 0.3) is 0 Å². The topological polar surface area (TPSA) is 47.6 Å². The van der Waals surface area contributed by atoms with E-state index in [1.807, 2.05) is 31.2 Å². The Morgan fingerprint density at radius 1 is 1.00 bits per heavy atom. The van der Waals surface area contributed by atoms with E-state index in [4.69, 9.17) is 4.74 Å². The number of rotatable bonds is 8. The van der Waals surface area contributed by atoms with Crippen molar-refractivity contribution < 1.29 is 27.4 Å². The van der Waals surface area contributed by atoms with E-state index < -0.39 is 6.36 Å². The molecule has 0 aliphatic heterocycles. The summed E-state index contributed by atoms with van der Waals surface area (Å²) < 4.78 is 46.7. The van der Waals surface area contributed by atoms with Crippen LogP contribution >= 0.6 is 0 Å². The fourth-order valence-electron chi connectivity index (χ4n) is 2.41. The van der Waals surface area contributed by atoms with Crippen LogP contribution in [0.1, 0.15) is 24.5 Å². The van der Waals surface area contributed by atoms with Crippen LogP contribution < -0.4 is 14.8 Å². The van der Waals surface area contributed by atoms with Crippen molar-refractivity contribution in [3.63, 3.8) is 0 Å². The Balaban J connectivity index is 1.90. The van der Waals surface area contributed by atoms with Crippen LogP contribution in [-0.2, 0) is 17.8 Å². The summed E-state index contributed by atoms with van der Waals surface area (Å²) in [6, 6.07) is 13.2. The maximum absolute atomic E-state index is 12.4. The number of para-hydroxylation sites is 2. The van der Waals surface area contributed by atoms with Crippen molar-refractivity contribution in [2.24, 2.45) is 0 Å². The second kappa shape index (κ2) is 9.12. The van der Waals surface area contributed by atoms with E-state index in [0.717, 1.165) is 11.3 Å². The van der Waals surface area contributed by atoms with Gasteiger partial charge < -0.3 is 14.8 Å². The van der Waals surface area contributed by atoms with Gasteiger partial charge in [-0.05, 0) is 31.0 Å². The standard InChI is InChI=1S/C19H20F3NO3/c1-2-25-16-9-5-3-7-14(16)11-12-18(24)23-13-15-8-4-6-10-17(15)26-19(20,21)22/h3-10H,2,11-13H2,1H3,(H,23,24). The second-order valence-corrected chi connectivity index (χ2v) is 5.47. The molecule has 1 amide bonds. The molecule has 0 fully saturated rings. The van der Waals surface area contributed by atoms with E-state index >= 15 is 0 Å². The molecule has 4 nitrogen and oxygen atoms in total. The lowest BCUT2D eigenvalue weighted by Gasteiger charge is -2.14. The van der Waals surface area contributed by atoms with Gasteiger partial charge in [0.05, 0.1) is 6.61 Å². The number of alkyl halides is 3. The van der Waals surface area contributed by atoms with Gasteiger partial charge >= 0.3 is 6.36 Å². The third kappa shape index (κ3) is 6.31. The van der Waals surface area contributed by atoms with Gasteiger partial charge in [-0.2, -0.15) is 0 Å². The van der Waals surface area contributed by atoms with Crippen LogP contribution in [0, 0.1) is 0 Å². The van der Waals surface area contributed by atoms with Gasteiger partial charge in [-0.15, -0.1) is 13.2 Å². The lowest BCUT2D eigenvalue weighted by Crippen LogP contribution is -2.24. The van der Waals surface area contributed by atoms with Gasteiger partial charge in [-0.25, -0.2) is 0 Å². The molecule has 0 spiro atoms. The number of carbonyl (C=O) groups is 1. The minimum atomic E-state index is -4.77. The minimum absolute atomic E-state index is 0.0435. The van der Waals surface area contributed by atoms with E-state index in [-0.39, 0.29) is 30.2 Å². The summed E-state index contributed by atoms with van der Waals surface area (Å²) in [6.07, 6.45) is -4.10. The zero-order valence-electron chi connectivity index (χ0n) is 14.3. The molecule has 26 heavy (non-hydrogen) atoms. The number of nitrogens with one attached hydrogen (secondary N) is 1. The average Bonchev–Trinajstić information content (AvgIpc) is 2.59. The number of ether oxygens (including phenoxy) is 2. The van der Waals surface area contributed by atoms with Crippen molar-refractivity contribution in [2.45, 2.75) is 32.7 Å². The third-order valence-corrected chi connectivity index (χ3v) is 3.57. The van der Waals surface area contributed by atoms with Crippen molar-refractivity contribution in [2.75, 3.05) is 6.61 Å². The first-order valence-electron chi connectivity index (χ1n) is 8.20. The minimum Gasteiger partial charge on any atom is -0.494 e. The van der Waals surface area contributed by atoms with Crippen molar-refractivity contribution >= 4 is 5.91 Å². The molecule has 0 aromatic heterocycles. The predicted octanol–water partition coefficient (Wildman–Crippen LogP) is 4.23. The zero-order valence-corrected chi connectivity index (χ0v) is 14.3. The Kier molecular flexibility index (Phi) is 6.89. The Bertz CT molecular complexity index is 732. The molecule has 0 bridgehead atoms. The Morgan fingerprint density at radius 3 is 2.27 bits per heavy atom. The average molecular weight is 367 g/mol. The van der Waals surface area contributed by atoms with Gasteiger partial charge in [0.2, 0.25) is 5.91 Å². The van der Waals surface area contributed by atoms with Gasteiger partial charge in [0, 0.05) is 18.5 Å². The highest BCUT2D eigenvalue weighted by atomic mass is 19.4. The summed E-state index contributed by atoms with van der Waals surface area (Å²) in [5.41, 5.74) is 1.16. The van der Waals surface area contributed by atoms with Gasteiger partial charge in [0.1, 0.15) is 11.5 Å². The Labute approximate surface area is 149 Å². The summed E-state index contributed by atoms with van der Waals surface area (Å²) in [5, 5.41) is 2.62. The monoisotopic (exact) mass is 367 g/mol. The second-order valence-electron chi connectivity index (χ2n) is 5.47. The normalized spacial score (nSPS) is 11.1. The summed E-state index contributed by atoms with van der Waals surface area (Å²) in [5.74, 6) is 0.145. The molecule has 0 saturated carbocycles. The first-order valence-corrected chi connectivity index (χ1v) is 8.20. The molecule has 0 aliphatic carbocycles. The van der Waals surface area contributed by atoms with E-state index in [9.17, 15) is 18.0 Å². The molecule has 2 rings (SSSR count). The zero-order chi connectivity index (χ0) is 19.0. The fourth-order valence-corrected chi connectivity index (χ4v) is 2.41. The summed E-state index contributed by atoms with van der Waals surface area (Å²) in [7, 11) is 0. The Hall–Kier alpha value is -2.70. The fraction of sp³-hybridized carbons (Fsp3) is 0.316. The van der Waals surface area contributed by atoms with Crippen LogP contribution in [0.2, 0.25) is 0 Å². The highest BCUT2D eigenvalue weighted by Crippen LogP contribution is 2.26. The number of benzene rings is 2. The van der Waals surface area contributed by atoms with Gasteiger partial charge in [0.25, 0.3) is 0 Å². The Morgan fingerprint density at radius 2 is 1.62 bits per heavy atom. The molecule has 2 aromatic carbocycles. The van der Waals surface area contributed by atoms with Gasteiger partial charge in [0.15, 0.2) is 0 Å². The van der Waals surface area contributed by atoms with E-state index in [2.05, 4.69) is 10.1 Å². The van der Waals surface area contributed by atoms with Gasteiger partial charge in [-0.3, -0.25) is 4.79 Å². The van der Waals surface area contributed by atoms with Crippen molar-refractivity contribution in [3.8, 4) is 11.5 Å². The number of aryl methyl sites for hydroxylation is 1. The van der Waals surface area contributed by atoms with Crippen LogP contribution in [0.4, 0.5) is 13.2 Å². The first-order chi connectivity index (χ1) is 12.4. The van der Waals surface area contributed by atoms with Crippen LogP contribution in [0.3, 0.4) is 0 Å². The number of hydrogen-bond donors (Lipinski definition) is 1. The molecule has 1 N–H and O–H groups in total.